The largest absolute Gasteiger partial charge is 0.356 e. The van der Waals surface area contributed by atoms with Crippen molar-refractivity contribution in [2.24, 2.45) is 0 Å². The standard InChI is InChI=1S/C12H12N2O3S2/c1-19(16,17)7-2-3-9-10(4-7)13-11-6-18-5-8(11)12(15)14-9/h2-4,13H,5-6H2,1H3,(H,14,15). The van der Waals surface area contributed by atoms with Gasteiger partial charge in [0.25, 0.3) is 5.91 Å². The maximum atomic E-state index is 12.0. The number of fused-ring (bicyclic) bond motifs is 1. The Labute approximate surface area is 115 Å². The summed E-state index contributed by atoms with van der Waals surface area (Å²) in [5.74, 6) is 1.31. The first kappa shape index (κ1) is 12.6. The first-order valence-electron chi connectivity index (χ1n) is 5.67. The van der Waals surface area contributed by atoms with Crippen LogP contribution in [0.15, 0.2) is 34.4 Å². The summed E-state index contributed by atoms with van der Waals surface area (Å²) in [5, 5.41) is 5.98. The van der Waals surface area contributed by atoms with Crippen molar-refractivity contribution in [2.75, 3.05) is 28.4 Å². The van der Waals surface area contributed by atoms with E-state index < -0.39 is 9.84 Å². The summed E-state index contributed by atoms with van der Waals surface area (Å²) >= 11 is 1.66. The van der Waals surface area contributed by atoms with Crippen LogP contribution in [0.3, 0.4) is 0 Å². The third-order valence-electron chi connectivity index (χ3n) is 3.08. The second-order valence-corrected chi connectivity index (χ2v) is 7.51. The minimum Gasteiger partial charge on any atom is -0.356 e. The Morgan fingerprint density at radius 3 is 2.68 bits per heavy atom. The Bertz CT molecular complexity index is 708. The molecule has 2 aliphatic rings. The molecular weight excluding hydrogens is 284 g/mol. The van der Waals surface area contributed by atoms with E-state index in [1.807, 2.05) is 0 Å². The number of rotatable bonds is 1. The van der Waals surface area contributed by atoms with E-state index in [0.29, 0.717) is 17.1 Å². The zero-order chi connectivity index (χ0) is 13.6. The van der Waals surface area contributed by atoms with E-state index in [9.17, 15) is 13.2 Å². The molecule has 0 spiro atoms. The molecule has 2 N–H and O–H groups in total. The first-order chi connectivity index (χ1) is 8.95. The fraction of sp³-hybridized carbons (Fsp3) is 0.250. The summed E-state index contributed by atoms with van der Waals surface area (Å²) in [6, 6.07) is 4.68. The van der Waals surface area contributed by atoms with Crippen LogP contribution in [0.4, 0.5) is 11.4 Å². The highest BCUT2D eigenvalue weighted by Gasteiger charge is 2.26. The summed E-state index contributed by atoms with van der Waals surface area (Å²) in [7, 11) is -3.26. The van der Waals surface area contributed by atoms with Gasteiger partial charge in [-0.25, -0.2) is 8.42 Å². The molecule has 0 aliphatic carbocycles. The van der Waals surface area contributed by atoms with E-state index in [0.717, 1.165) is 17.0 Å². The van der Waals surface area contributed by atoms with Gasteiger partial charge in [-0.3, -0.25) is 4.79 Å². The molecule has 0 aromatic heterocycles. The molecule has 1 aromatic rings. The van der Waals surface area contributed by atoms with E-state index in [4.69, 9.17) is 0 Å². The predicted octanol–water partition coefficient (Wildman–Crippen LogP) is 1.45. The minimum absolute atomic E-state index is 0.113. The zero-order valence-electron chi connectivity index (χ0n) is 10.2. The number of nitrogens with one attached hydrogen (secondary N) is 2. The Kier molecular flexibility index (Phi) is 2.83. The molecule has 0 saturated heterocycles. The van der Waals surface area contributed by atoms with Crippen LogP contribution in [-0.2, 0) is 14.6 Å². The van der Waals surface area contributed by atoms with Gasteiger partial charge in [0, 0.05) is 29.0 Å². The van der Waals surface area contributed by atoms with E-state index in [-0.39, 0.29) is 10.8 Å². The summed E-state index contributed by atoms with van der Waals surface area (Å²) in [6.07, 6.45) is 1.17. The highest BCUT2D eigenvalue weighted by Crippen LogP contribution is 2.34. The molecule has 5 nitrogen and oxygen atoms in total. The quantitative estimate of drug-likeness (QED) is 0.820. The Hall–Kier alpha value is -1.47. The van der Waals surface area contributed by atoms with Crippen molar-refractivity contribution in [3.8, 4) is 0 Å². The van der Waals surface area contributed by atoms with Gasteiger partial charge in [0.05, 0.1) is 16.3 Å². The van der Waals surface area contributed by atoms with Gasteiger partial charge in [0.15, 0.2) is 9.84 Å². The fourth-order valence-electron chi connectivity index (χ4n) is 2.07. The van der Waals surface area contributed by atoms with Crippen LogP contribution < -0.4 is 10.6 Å². The SMILES string of the molecule is CS(=O)(=O)c1ccc2c(c1)NC1=C(CSC1)C(=O)N2. The molecule has 19 heavy (non-hydrogen) atoms. The molecule has 0 unspecified atom stereocenters. The monoisotopic (exact) mass is 296 g/mol. The van der Waals surface area contributed by atoms with Crippen molar-refractivity contribution < 1.29 is 13.2 Å². The van der Waals surface area contributed by atoms with E-state index in [1.54, 1.807) is 23.9 Å². The number of carbonyl (C=O) groups is 1. The van der Waals surface area contributed by atoms with Crippen LogP contribution in [0.1, 0.15) is 0 Å². The molecule has 3 rings (SSSR count). The number of thioether (sulfide) groups is 1. The average Bonchev–Trinajstić information content (AvgIpc) is 2.73. The molecule has 0 saturated carbocycles. The number of carbonyl (C=O) groups excluding carboxylic acids is 1. The molecule has 100 valence electrons. The van der Waals surface area contributed by atoms with Crippen molar-refractivity contribution in [3.63, 3.8) is 0 Å². The number of hydrogen-bond acceptors (Lipinski definition) is 5. The topological polar surface area (TPSA) is 75.3 Å². The van der Waals surface area contributed by atoms with Crippen molar-refractivity contribution in [2.45, 2.75) is 4.90 Å². The van der Waals surface area contributed by atoms with Crippen LogP contribution in [-0.4, -0.2) is 32.1 Å². The van der Waals surface area contributed by atoms with Gasteiger partial charge in [-0.05, 0) is 18.2 Å². The lowest BCUT2D eigenvalue weighted by Gasteiger charge is -2.11. The Morgan fingerprint density at radius 1 is 1.16 bits per heavy atom. The van der Waals surface area contributed by atoms with Crippen molar-refractivity contribution >= 4 is 38.9 Å². The van der Waals surface area contributed by atoms with Crippen molar-refractivity contribution in [1.29, 1.82) is 0 Å². The van der Waals surface area contributed by atoms with Crippen LogP contribution in [0.2, 0.25) is 0 Å². The lowest BCUT2D eigenvalue weighted by atomic mass is 10.2. The van der Waals surface area contributed by atoms with Crippen LogP contribution in [0.5, 0.6) is 0 Å². The highest BCUT2D eigenvalue weighted by atomic mass is 32.2. The second-order valence-electron chi connectivity index (χ2n) is 4.51. The minimum atomic E-state index is -3.26. The number of anilines is 2. The maximum Gasteiger partial charge on any atom is 0.254 e. The van der Waals surface area contributed by atoms with Gasteiger partial charge in [-0.2, -0.15) is 11.8 Å². The average molecular weight is 296 g/mol. The molecule has 1 amide bonds. The molecule has 0 atom stereocenters. The van der Waals surface area contributed by atoms with Crippen LogP contribution >= 0.6 is 11.8 Å². The number of sulfone groups is 1. The summed E-state index contributed by atoms with van der Waals surface area (Å²) < 4.78 is 23.1. The van der Waals surface area contributed by atoms with Gasteiger partial charge in [-0.1, -0.05) is 0 Å². The van der Waals surface area contributed by atoms with E-state index in [1.165, 1.54) is 12.3 Å². The van der Waals surface area contributed by atoms with E-state index >= 15 is 0 Å². The predicted molar refractivity (Wildman–Crippen MR) is 76.2 cm³/mol. The summed E-state index contributed by atoms with van der Waals surface area (Å²) in [6.45, 7) is 0. The number of benzene rings is 1. The summed E-state index contributed by atoms with van der Waals surface area (Å²) in [4.78, 5) is 12.2. The molecule has 0 fully saturated rings. The van der Waals surface area contributed by atoms with Crippen LogP contribution in [0.25, 0.3) is 0 Å². The van der Waals surface area contributed by atoms with Gasteiger partial charge < -0.3 is 10.6 Å². The van der Waals surface area contributed by atoms with Gasteiger partial charge in [0.1, 0.15) is 0 Å². The lowest BCUT2D eigenvalue weighted by Crippen LogP contribution is -2.14. The van der Waals surface area contributed by atoms with Crippen molar-refractivity contribution in [3.05, 3.63) is 29.5 Å². The molecule has 2 heterocycles. The number of amides is 1. The fourth-order valence-corrected chi connectivity index (χ4v) is 3.78. The van der Waals surface area contributed by atoms with Crippen LogP contribution in [0, 0.1) is 0 Å². The van der Waals surface area contributed by atoms with Gasteiger partial charge >= 0.3 is 0 Å². The lowest BCUT2D eigenvalue weighted by molar-refractivity contribution is -0.112. The third kappa shape index (κ3) is 2.23. The van der Waals surface area contributed by atoms with Gasteiger partial charge in [0.2, 0.25) is 0 Å². The molecule has 7 heteroatoms. The molecule has 0 bridgehead atoms. The maximum absolute atomic E-state index is 12.0. The normalized spacial score (nSPS) is 18.3. The highest BCUT2D eigenvalue weighted by molar-refractivity contribution is 8.00. The molecule has 1 aromatic carbocycles. The molecule has 0 radical (unpaired) electrons. The van der Waals surface area contributed by atoms with Crippen molar-refractivity contribution in [1.82, 2.24) is 0 Å². The first-order valence-corrected chi connectivity index (χ1v) is 8.72. The number of hydrogen-bond donors (Lipinski definition) is 2. The zero-order valence-corrected chi connectivity index (χ0v) is 11.8. The summed E-state index contributed by atoms with van der Waals surface area (Å²) in [5.41, 5.74) is 2.84. The molecule has 2 aliphatic heterocycles. The molecular formula is C12H12N2O3S2. The Balaban J connectivity index is 2.09. The smallest absolute Gasteiger partial charge is 0.254 e. The van der Waals surface area contributed by atoms with E-state index in [2.05, 4.69) is 10.6 Å². The second kappa shape index (κ2) is 4.28. The Morgan fingerprint density at radius 2 is 1.95 bits per heavy atom. The third-order valence-corrected chi connectivity index (χ3v) is 5.18. The van der Waals surface area contributed by atoms with Gasteiger partial charge in [-0.15, -0.1) is 0 Å².